The normalized spacial score (nSPS) is 17.3. The van der Waals surface area contributed by atoms with Gasteiger partial charge in [0.05, 0.1) is 16.6 Å². The first-order chi connectivity index (χ1) is 19.1. The highest BCUT2D eigenvalue weighted by Crippen LogP contribution is 2.35. The van der Waals surface area contributed by atoms with Crippen molar-refractivity contribution in [2.75, 3.05) is 20.1 Å². The number of hydrogen-bond acceptors (Lipinski definition) is 3. The Hall–Kier alpha value is -4.39. The molecular formula is C32H31N5O2. The molecule has 1 atom stereocenters. The summed E-state index contributed by atoms with van der Waals surface area (Å²) < 4.78 is 2.20. The van der Waals surface area contributed by atoms with Gasteiger partial charge < -0.3 is 19.8 Å². The summed E-state index contributed by atoms with van der Waals surface area (Å²) in [6.45, 7) is 2.28. The van der Waals surface area contributed by atoms with E-state index in [0.29, 0.717) is 23.9 Å². The highest BCUT2D eigenvalue weighted by Gasteiger charge is 2.37. The molecule has 1 aliphatic carbocycles. The molecule has 0 spiro atoms. The zero-order valence-electron chi connectivity index (χ0n) is 22.0. The van der Waals surface area contributed by atoms with Crippen LogP contribution in [0.4, 0.5) is 0 Å². The van der Waals surface area contributed by atoms with E-state index >= 15 is 0 Å². The Morgan fingerprint density at radius 3 is 2.56 bits per heavy atom. The van der Waals surface area contributed by atoms with Crippen LogP contribution in [0.25, 0.3) is 44.5 Å². The van der Waals surface area contributed by atoms with Gasteiger partial charge in [-0.25, -0.2) is 4.98 Å². The second-order valence-electron chi connectivity index (χ2n) is 10.9. The summed E-state index contributed by atoms with van der Waals surface area (Å²) in [7, 11) is 1.66. The fourth-order valence-electron chi connectivity index (χ4n) is 5.97. The lowest BCUT2D eigenvalue weighted by molar-refractivity contribution is -0.131. The Morgan fingerprint density at radius 2 is 1.77 bits per heavy atom. The number of carbonyl (C=O) groups is 2. The van der Waals surface area contributed by atoms with Gasteiger partial charge in [0.25, 0.3) is 5.91 Å². The van der Waals surface area contributed by atoms with Crippen molar-refractivity contribution in [1.29, 1.82) is 0 Å². The van der Waals surface area contributed by atoms with Crippen LogP contribution >= 0.6 is 0 Å². The lowest BCUT2D eigenvalue weighted by atomic mass is 10.0. The number of para-hydroxylation sites is 1. The van der Waals surface area contributed by atoms with Crippen LogP contribution in [0.15, 0.2) is 72.9 Å². The number of likely N-dealkylation sites (tertiary alicyclic amines) is 1. The summed E-state index contributed by atoms with van der Waals surface area (Å²) >= 11 is 0. The summed E-state index contributed by atoms with van der Waals surface area (Å²) in [5, 5.41) is 3.97. The third-order valence-electron chi connectivity index (χ3n) is 8.23. The number of fused-ring (bicyclic) bond motifs is 2. The number of aromatic amines is 1. The van der Waals surface area contributed by atoms with Gasteiger partial charge in [-0.2, -0.15) is 0 Å². The highest BCUT2D eigenvalue weighted by atomic mass is 16.2. The van der Waals surface area contributed by atoms with E-state index in [-0.39, 0.29) is 11.8 Å². The van der Waals surface area contributed by atoms with Gasteiger partial charge in [-0.15, -0.1) is 0 Å². The van der Waals surface area contributed by atoms with Crippen LogP contribution in [-0.2, 0) is 11.3 Å². The Labute approximate surface area is 226 Å². The standard InChI is InChI=1S/C32H31N5O2/c1-33-31(38)26-3-2-4-28-29(26)37(19-20-14-16-36(18-20)32(39)23-9-10-23)30(35-28)22-7-5-21(6-8-22)24-11-12-27-25(17-24)13-15-34-27/h2-8,11-13,15,17,20,23,34H,9-10,14,16,18-19H2,1H3,(H,33,38). The van der Waals surface area contributed by atoms with Gasteiger partial charge >= 0.3 is 0 Å². The average molecular weight is 518 g/mol. The number of nitrogens with one attached hydrogen (secondary N) is 2. The maximum atomic E-state index is 12.9. The zero-order valence-corrected chi connectivity index (χ0v) is 22.0. The lowest BCUT2D eigenvalue weighted by Crippen LogP contribution is -2.30. The van der Waals surface area contributed by atoms with Gasteiger partial charge in [0, 0.05) is 49.9 Å². The molecule has 2 aliphatic rings. The third kappa shape index (κ3) is 4.28. The minimum absolute atomic E-state index is 0.124. The van der Waals surface area contributed by atoms with E-state index < -0.39 is 0 Å². The molecule has 2 fully saturated rings. The molecule has 2 amide bonds. The molecular weight excluding hydrogens is 486 g/mol. The first kappa shape index (κ1) is 23.7. The first-order valence-electron chi connectivity index (χ1n) is 13.8. The smallest absolute Gasteiger partial charge is 0.253 e. The molecule has 7 nitrogen and oxygen atoms in total. The molecule has 3 aromatic carbocycles. The summed E-state index contributed by atoms with van der Waals surface area (Å²) in [6.07, 6.45) is 4.97. The zero-order chi connectivity index (χ0) is 26.5. The first-order valence-corrected chi connectivity index (χ1v) is 13.8. The van der Waals surface area contributed by atoms with Crippen molar-refractivity contribution in [1.82, 2.24) is 24.8 Å². The SMILES string of the molecule is CNC(=O)c1cccc2nc(-c3ccc(-c4ccc5[nH]ccc5c4)cc3)n(CC3CCN(C(=O)C4CC4)C3)c12. The average Bonchev–Trinajstić information content (AvgIpc) is 3.36. The highest BCUT2D eigenvalue weighted by molar-refractivity contribution is 6.05. The van der Waals surface area contributed by atoms with E-state index in [1.54, 1.807) is 7.05 Å². The number of rotatable bonds is 6. The number of carbonyl (C=O) groups excluding carboxylic acids is 2. The van der Waals surface area contributed by atoms with E-state index in [4.69, 9.17) is 4.98 Å². The van der Waals surface area contributed by atoms with Crippen molar-refractivity contribution in [3.8, 4) is 22.5 Å². The predicted molar refractivity (Wildman–Crippen MR) is 153 cm³/mol. The van der Waals surface area contributed by atoms with Crippen molar-refractivity contribution < 1.29 is 9.59 Å². The molecule has 39 heavy (non-hydrogen) atoms. The van der Waals surface area contributed by atoms with E-state index in [2.05, 4.69) is 63.4 Å². The summed E-state index contributed by atoms with van der Waals surface area (Å²) in [5.74, 6) is 1.59. The summed E-state index contributed by atoms with van der Waals surface area (Å²) in [4.78, 5) is 35.9. The molecule has 1 aliphatic heterocycles. The number of H-pyrrole nitrogens is 1. The van der Waals surface area contributed by atoms with Gasteiger partial charge in [-0.05, 0) is 72.0 Å². The molecule has 2 aromatic heterocycles. The fraction of sp³-hybridized carbons (Fsp3) is 0.281. The molecule has 0 bridgehead atoms. The van der Waals surface area contributed by atoms with E-state index in [1.165, 1.54) is 5.39 Å². The van der Waals surface area contributed by atoms with Gasteiger partial charge in [0.2, 0.25) is 5.91 Å². The minimum atomic E-state index is -0.124. The van der Waals surface area contributed by atoms with Crippen LogP contribution in [0.5, 0.6) is 0 Å². The molecule has 0 radical (unpaired) electrons. The van der Waals surface area contributed by atoms with Crippen LogP contribution < -0.4 is 5.32 Å². The Kier molecular flexibility index (Phi) is 5.72. The molecule has 2 N–H and O–H groups in total. The summed E-state index contributed by atoms with van der Waals surface area (Å²) in [6, 6.07) is 22.8. The molecule has 5 aromatic rings. The molecule has 1 saturated carbocycles. The minimum Gasteiger partial charge on any atom is -0.361 e. The van der Waals surface area contributed by atoms with Crippen molar-refractivity contribution in [3.63, 3.8) is 0 Å². The molecule has 196 valence electrons. The second kappa shape index (κ2) is 9.42. The van der Waals surface area contributed by atoms with Crippen molar-refractivity contribution in [2.45, 2.75) is 25.8 Å². The van der Waals surface area contributed by atoms with Gasteiger partial charge in [0.15, 0.2) is 0 Å². The Bertz CT molecular complexity index is 1710. The maximum Gasteiger partial charge on any atom is 0.253 e. The molecule has 1 unspecified atom stereocenters. The van der Waals surface area contributed by atoms with Crippen LogP contribution in [0, 0.1) is 11.8 Å². The predicted octanol–water partition coefficient (Wildman–Crippen LogP) is 5.47. The van der Waals surface area contributed by atoms with Crippen LogP contribution in [0.1, 0.15) is 29.6 Å². The van der Waals surface area contributed by atoms with Gasteiger partial charge in [-0.1, -0.05) is 36.4 Å². The van der Waals surface area contributed by atoms with Crippen LogP contribution in [0.3, 0.4) is 0 Å². The van der Waals surface area contributed by atoms with Crippen molar-refractivity contribution >= 4 is 33.8 Å². The third-order valence-corrected chi connectivity index (χ3v) is 8.23. The van der Waals surface area contributed by atoms with Gasteiger partial charge in [-0.3, -0.25) is 9.59 Å². The number of benzene rings is 3. The van der Waals surface area contributed by atoms with E-state index in [1.807, 2.05) is 29.3 Å². The second-order valence-corrected chi connectivity index (χ2v) is 10.9. The Balaban J connectivity index is 1.26. The van der Waals surface area contributed by atoms with E-state index in [9.17, 15) is 9.59 Å². The molecule has 1 saturated heterocycles. The molecule has 7 rings (SSSR count). The number of aromatic nitrogens is 3. The number of hydrogen-bond donors (Lipinski definition) is 2. The Morgan fingerprint density at radius 1 is 0.974 bits per heavy atom. The van der Waals surface area contributed by atoms with Crippen molar-refractivity contribution in [3.05, 3.63) is 78.5 Å². The maximum absolute atomic E-state index is 12.9. The van der Waals surface area contributed by atoms with Crippen molar-refractivity contribution in [2.24, 2.45) is 11.8 Å². The van der Waals surface area contributed by atoms with Gasteiger partial charge in [0.1, 0.15) is 5.82 Å². The fourth-order valence-corrected chi connectivity index (χ4v) is 5.97. The topological polar surface area (TPSA) is 83.0 Å². The summed E-state index contributed by atoms with van der Waals surface area (Å²) in [5.41, 5.74) is 6.70. The lowest BCUT2D eigenvalue weighted by Gasteiger charge is -2.18. The number of nitrogens with zero attached hydrogens (tertiary/aromatic N) is 3. The van der Waals surface area contributed by atoms with E-state index in [0.717, 1.165) is 71.4 Å². The molecule has 7 heteroatoms. The van der Waals surface area contributed by atoms with Crippen LogP contribution in [-0.4, -0.2) is 51.4 Å². The van der Waals surface area contributed by atoms with Crippen LogP contribution in [0.2, 0.25) is 0 Å². The number of amides is 2. The monoisotopic (exact) mass is 517 g/mol. The molecule has 3 heterocycles. The largest absolute Gasteiger partial charge is 0.361 e. The number of imidazole rings is 1. The quantitative estimate of drug-likeness (QED) is 0.313.